The van der Waals surface area contributed by atoms with Crippen LogP contribution in [-0.4, -0.2) is 22.6 Å². The Labute approximate surface area is 108 Å². The first-order chi connectivity index (χ1) is 8.51. The maximum absolute atomic E-state index is 11.5. The molecule has 0 radical (unpaired) electrons. The van der Waals surface area contributed by atoms with Gasteiger partial charge in [0.1, 0.15) is 5.57 Å². The molecule has 1 aromatic rings. The highest BCUT2D eigenvalue weighted by Gasteiger charge is 2.23. The number of aliphatic hydroxyl groups excluding tert-OH is 1. The maximum Gasteiger partial charge on any atom is 0.342 e. The molecule has 18 heavy (non-hydrogen) atoms. The van der Waals surface area contributed by atoms with Crippen LogP contribution in [0.4, 0.5) is 5.69 Å². The summed E-state index contributed by atoms with van der Waals surface area (Å²) in [4.78, 5) is 21.7. The van der Waals surface area contributed by atoms with Crippen LogP contribution in [0.25, 0.3) is 5.57 Å². The molecular weight excluding hydrogens is 262 g/mol. The average Bonchev–Trinajstić information content (AvgIpc) is 2.30. The average molecular weight is 272 g/mol. The summed E-state index contributed by atoms with van der Waals surface area (Å²) in [6.07, 6.45) is 0.469. The number of hydrogen-bond acceptors (Lipinski definition) is 5. The second-order valence-electron chi connectivity index (χ2n) is 3.18. The Morgan fingerprint density at radius 2 is 2.28 bits per heavy atom. The Morgan fingerprint density at radius 3 is 2.78 bits per heavy atom. The van der Waals surface area contributed by atoms with Gasteiger partial charge in [-0.05, 0) is 19.1 Å². The molecule has 6 nitrogen and oxygen atoms in total. The number of nitrogens with zero attached hydrogens (tertiary/aromatic N) is 1. The van der Waals surface area contributed by atoms with Gasteiger partial charge in [-0.1, -0.05) is 11.6 Å². The predicted molar refractivity (Wildman–Crippen MR) is 65.3 cm³/mol. The minimum absolute atomic E-state index is 0.0878. The fourth-order valence-electron chi connectivity index (χ4n) is 1.32. The van der Waals surface area contributed by atoms with E-state index in [1.807, 2.05) is 0 Å². The van der Waals surface area contributed by atoms with Crippen molar-refractivity contribution in [3.05, 3.63) is 45.2 Å². The molecule has 96 valence electrons. The number of nitro groups is 1. The first-order valence-corrected chi connectivity index (χ1v) is 5.34. The molecule has 0 amide bonds. The van der Waals surface area contributed by atoms with E-state index < -0.39 is 10.9 Å². The third-order valence-electron chi connectivity index (χ3n) is 2.07. The minimum atomic E-state index is -0.856. The minimum Gasteiger partial charge on any atom is -0.515 e. The van der Waals surface area contributed by atoms with Crippen molar-refractivity contribution in [2.45, 2.75) is 6.92 Å². The van der Waals surface area contributed by atoms with Crippen LogP contribution >= 0.6 is 11.6 Å². The molecule has 0 bridgehead atoms. The van der Waals surface area contributed by atoms with Crippen molar-refractivity contribution < 1.29 is 19.6 Å². The Hall–Kier alpha value is -2.08. The highest BCUT2D eigenvalue weighted by Crippen LogP contribution is 2.29. The molecule has 7 heteroatoms. The summed E-state index contributed by atoms with van der Waals surface area (Å²) >= 11 is 5.72. The molecule has 0 saturated heterocycles. The number of carbonyl (C=O) groups is 1. The Kier molecular flexibility index (Phi) is 4.67. The van der Waals surface area contributed by atoms with E-state index in [0.717, 1.165) is 6.07 Å². The topological polar surface area (TPSA) is 89.7 Å². The fraction of sp³-hybridized carbons (Fsp3) is 0.182. The maximum atomic E-state index is 11.5. The van der Waals surface area contributed by atoms with Crippen LogP contribution in [0.15, 0.2) is 24.5 Å². The molecule has 0 heterocycles. The monoisotopic (exact) mass is 271 g/mol. The van der Waals surface area contributed by atoms with Gasteiger partial charge in [-0.25, -0.2) is 4.79 Å². The molecular formula is C11H10ClNO5. The van der Waals surface area contributed by atoms with Crippen LogP contribution < -0.4 is 0 Å². The number of hydrogen-bond donors (Lipinski definition) is 1. The van der Waals surface area contributed by atoms with E-state index in [4.69, 9.17) is 21.4 Å². The zero-order valence-electron chi connectivity index (χ0n) is 9.42. The highest BCUT2D eigenvalue weighted by molar-refractivity contribution is 6.31. The molecule has 0 atom stereocenters. The summed E-state index contributed by atoms with van der Waals surface area (Å²) < 4.78 is 4.69. The summed E-state index contributed by atoms with van der Waals surface area (Å²) in [5, 5.41) is 20.1. The van der Waals surface area contributed by atoms with Gasteiger partial charge in [0.15, 0.2) is 0 Å². The number of nitro benzene ring substituents is 1. The van der Waals surface area contributed by atoms with Crippen molar-refractivity contribution in [2.24, 2.45) is 0 Å². The second-order valence-corrected chi connectivity index (χ2v) is 3.62. The van der Waals surface area contributed by atoms with E-state index in [1.54, 1.807) is 6.92 Å². The SMILES string of the molecule is CCOC(=O)/C(=C\O)c1cc(Cl)ccc1[N+](=O)[O-]. The molecule has 0 unspecified atom stereocenters. The smallest absolute Gasteiger partial charge is 0.342 e. The first-order valence-electron chi connectivity index (χ1n) is 4.97. The van der Waals surface area contributed by atoms with Gasteiger partial charge in [-0.2, -0.15) is 0 Å². The summed E-state index contributed by atoms with van der Waals surface area (Å²) in [6.45, 7) is 1.67. The molecule has 0 saturated carbocycles. The molecule has 0 fully saturated rings. The number of halogens is 1. The number of esters is 1. The number of carbonyl (C=O) groups excluding carboxylic acids is 1. The molecule has 1 N–H and O–H groups in total. The van der Waals surface area contributed by atoms with E-state index in [1.165, 1.54) is 12.1 Å². The third kappa shape index (κ3) is 2.98. The van der Waals surface area contributed by atoms with Crippen molar-refractivity contribution in [3.63, 3.8) is 0 Å². The van der Waals surface area contributed by atoms with E-state index in [2.05, 4.69) is 0 Å². The summed E-state index contributed by atoms with van der Waals surface area (Å²) in [6, 6.07) is 3.70. The van der Waals surface area contributed by atoms with Gasteiger partial charge in [0.2, 0.25) is 0 Å². The zero-order chi connectivity index (χ0) is 13.7. The molecule has 1 rings (SSSR count). The van der Waals surface area contributed by atoms with E-state index >= 15 is 0 Å². The molecule has 0 aliphatic rings. The normalized spacial score (nSPS) is 11.1. The molecule has 0 aromatic heterocycles. The van der Waals surface area contributed by atoms with Gasteiger partial charge in [-0.15, -0.1) is 0 Å². The van der Waals surface area contributed by atoms with Crippen molar-refractivity contribution in [3.8, 4) is 0 Å². The van der Waals surface area contributed by atoms with E-state index in [-0.39, 0.29) is 28.5 Å². The van der Waals surface area contributed by atoms with Crippen LogP contribution in [0.1, 0.15) is 12.5 Å². The number of aliphatic hydroxyl groups is 1. The van der Waals surface area contributed by atoms with Gasteiger partial charge in [0.05, 0.1) is 23.4 Å². The summed E-state index contributed by atoms with van der Waals surface area (Å²) in [5.74, 6) is -0.856. The van der Waals surface area contributed by atoms with Gasteiger partial charge in [0.25, 0.3) is 5.69 Å². The van der Waals surface area contributed by atoms with Crippen LogP contribution in [0, 0.1) is 10.1 Å². The predicted octanol–water partition coefficient (Wildman–Crippen LogP) is 2.71. The van der Waals surface area contributed by atoms with Crippen LogP contribution in [0.5, 0.6) is 0 Å². The quantitative estimate of drug-likeness (QED) is 0.299. The first kappa shape index (κ1) is 14.0. The van der Waals surface area contributed by atoms with Gasteiger partial charge < -0.3 is 9.84 Å². The molecule has 0 aliphatic heterocycles. The molecule has 0 aliphatic carbocycles. The Balaban J connectivity index is 3.33. The van der Waals surface area contributed by atoms with Crippen molar-refractivity contribution in [1.29, 1.82) is 0 Å². The lowest BCUT2D eigenvalue weighted by molar-refractivity contribution is -0.385. The Bertz CT molecular complexity index is 512. The van der Waals surface area contributed by atoms with Crippen molar-refractivity contribution in [2.75, 3.05) is 6.61 Å². The van der Waals surface area contributed by atoms with Crippen molar-refractivity contribution in [1.82, 2.24) is 0 Å². The zero-order valence-corrected chi connectivity index (χ0v) is 10.2. The summed E-state index contributed by atoms with van der Waals surface area (Å²) in [5.41, 5.74) is -0.743. The number of ether oxygens (including phenoxy) is 1. The van der Waals surface area contributed by atoms with Gasteiger partial charge in [-0.3, -0.25) is 10.1 Å². The second kappa shape index (κ2) is 6.02. The summed E-state index contributed by atoms with van der Waals surface area (Å²) in [7, 11) is 0. The third-order valence-corrected chi connectivity index (χ3v) is 2.31. The number of benzene rings is 1. The highest BCUT2D eigenvalue weighted by atomic mass is 35.5. The molecule has 1 aromatic carbocycles. The largest absolute Gasteiger partial charge is 0.515 e. The van der Waals surface area contributed by atoms with E-state index in [0.29, 0.717) is 6.26 Å². The van der Waals surface area contributed by atoms with Crippen LogP contribution in [0.3, 0.4) is 0 Å². The fourth-order valence-corrected chi connectivity index (χ4v) is 1.50. The standard InChI is InChI=1S/C11H10ClNO5/c1-2-18-11(15)9(6-14)8-5-7(12)3-4-10(8)13(16)17/h3-6,14H,2H2,1H3/b9-6-. The van der Waals surface area contributed by atoms with E-state index in [9.17, 15) is 14.9 Å². The van der Waals surface area contributed by atoms with Gasteiger partial charge in [0, 0.05) is 11.1 Å². The Morgan fingerprint density at radius 1 is 1.61 bits per heavy atom. The van der Waals surface area contributed by atoms with Crippen LogP contribution in [-0.2, 0) is 9.53 Å². The van der Waals surface area contributed by atoms with Gasteiger partial charge >= 0.3 is 5.97 Å². The lowest BCUT2D eigenvalue weighted by atomic mass is 10.1. The number of rotatable bonds is 4. The lowest BCUT2D eigenvalue weighted by Gasteiger charge is -2.06. The van der Waals surface area contributed by atoms with Crippen LogP contribution in [0.2, 0.25) is 5.02 Å². The lowest BCUT2D eigenvalue weighted by Crippen LogP contribution is -2.08. The van der Waals surface area contributed by atoms with Crippen molar-refractivity contribution >= 4 is 28.8 Å². The molecule has 0 spiro atoms.